The van der Waals surface area contributed by atoms with Gasteiger partial charge in [-0.05, 0) is 55.9 Å². The highest BCUT2D eigenvalue weighted by molar-refractivity contribution is 6.08. The molecule has 1 N–H and O–H groups in total. The summed E-state index contributed by atoms with van der Waals surface area (Å²) in [5.41, 5.74) is 1.33. The van der Waals surface area contributed by atoms with Crippen molar-refractivity contribution in [3.8, 4) is 5.75 Å². The van der Waals surface area contributed by atoms with Crippen LogP contribution >= 0.6 is 0 Å². The van der Waals surface area contributed by atoms with E-state index in [1.54, 1.807) is 0 Å². The zero-order valence-electron chi connectivity index (χ0n) is 16.7. The number of carbonyl (C=O) groups excluding carboxylic acids is 3. The molecule has 7 nitrogen and oxygen atoms in total. The maximum absolute atomic E-state index is 12.8. The number of rotatable bonds is 6. The normalized spacial score (nSPS) is 24.4. The summed E-state index contributed by atoms with van der Waals surface area (Å²) in [6.07, 6.45) is 3.45. The molecule has 3 rings (SSSR count). The van der Waals surface area contributed by atoms with Crippen LogP contribution in [0.3, 0.4) is 0 Å². The molecule has 1 aromatic carbocycles. The lowest BCUT2D eigenvalue weighted by atomic mass is 9.73. The van der Waals surface area contributed by atoms with Gasteiger partial charge in [-0.1, -0.05) is 25.8 Å². The summed E-state index contributed by atoms with van der Waals surface area (Å²) in [7, 11) is 0. The number of ether oxygens (including phenoxy) is 2. The van der Waals surface area contributed by atoms with Gasteiger partial charge in [0.05, 0.1) is 0 Å². The Balaban J connectivity index is 1.48. The lowest BCUT2D eigenvalue weighted by molar-refractivity contribution is -0.149. The van der Waals surface area contributed by atoms with Crippen LogP contribution in [0.25, 0.3) is 0 Å². The van der Waals surface area contributed by atoms with Crippen molar-refractivity contribution in [1.29, 1.82) is 0 Å². The molecule has 2 aliphatic rings. The molecule has 0 unspecified atom stereocenters. The quantitative estimate of drug-likeness (QED) is 0.460. The zero-order chi connectivity index (χ0) is 20.3. The Labute approximate surface area is 165 Å². The fraction of sp³-hybridized carbons (Fsp3) is 0.571. The molecule has 1 spiro atoms. The van der Waals surface area contributed by atoms with Gasteiger partial charge < -0.3 is 14.8 Å². The van der Waals surface area contributed by atoms with Crippen molar-refractivity contribution in [2.75, 3.05) is 19.8 Å². The first-order valence-corrected chi connectivity index (χ1v) is 9.82. The van der Waals surface area contributed by atoms with Gasteiger partial charge in [0.1, 0.15) is 31.0 Å². The molecule has 28 heavy (non-hydrogen) atoms. The van der Waals surface area contributed by atoms with Crippen molar-refractivity contribution < 1.29 is 23.9 Å². The number of esters is 1. The molecule has 2 atom stereocenters. The summed E-state index contributed by atoms with van der Waals surface area (Å²) in [4.78, 5) is 38.2. The predicted octanol–water partition coefficient (Wildman–Crippen LogP) is 2.73. The minimum absolute atomic E-state index is 0.0526. The monoisotopic (exact) mass is 388 g/mol. The van der Waals surface area contributed by atoms with E-state index in [-0.39, 0.29) is 31.6 Å². The van der Waals surface area contributed by atoms with Crippen LogP contribution in [-0.2, 0) is 14.3 Å². The number of urea groups is 1. The van der Waals surface area contributed by atoms with Crippen LogP contribution in [0, 0.1) is 19.8 Å². The summed E-state index contributed by atoms with van der Waals surface area (Å²) >= 11 is 0. The number of hydrogen-bond acceptors (Lipinski definition) is 5. The summed E-state index contributed by atoms with van der Waals surface area (Å²) in [5, 5.41) is 2.83. The van der Waals surface area contributed by atoms with Gasteiger partial charge in [0, 0.05) is 0 Å². The Kier molecular flexibility index (Phi) is 5.91. The van der Waals surface area contributed by atoms with Crippen LogP contribution in [0.15, 0.2) is 18.2 Å². The van der Waals surface area contributed by atoms with Gasteiger partial charge in [-0.15, -0.1) is 0 Å². The summed E-state index contributed by atoms with van der Waals surface area (Å²) < 4.78 is 10.7. The molecule has 3 amide bonds. The highest BCUT2D eigenvalue weighted by Crippen LogP contribution is 2.38. The van der Waals surface area contributed by atoms with Crippen molar-refractivity contribution in [2.45, 2.75) is 52.0 Å². The van der Waals surface area contributed by atoms with Crippen molar-refractivity contribution in [1.82, 2.24) is 10.2 Å². The number of amides is 3. The van der Waals surface area contributed by atoms with Gasteiger partial charge in [0.15, 0.2) is 0 Å². The van der Waals surface area contributed by atoms with E-state index in [9.17, 15) is 14.4 Å². The molecule has 7 heteroatoms. The highest BCUT2D eigenvalue weighted by atomic mass is 16.6. The van der Waals surface area contributed by atoms with Crippen LogP contribution in [0.2, 0.25) is 0 Å². The van der Waals surface area contributed by atoms with Gasteiger partial charge in [-0.25, -0.2) is 4.79 Å². The number of carbonyl (C=O) groups is 3. The van der Waals surface area contributed by atoms with E-state index >= 15 is 0 Å². The lowest BCUT2D eigenvalue weighted by Crippen LogP contribution is -2.54. The Morgan fingerprint density at radius 2 is 1.89 bits per heavy atom. The van der Waals surface area contributed by atoms with Crippen molar-refractivity contribution in [3.05, 3.63) is 29.3 Å². The van der Waals surface area contributed by atoms with Gasteiger partial charge in [-0.3, -0.25) is 14.5 Å². The first-order valence-electron chi connectivity index (χ1n) is 9.82. The highest BCUT2D eigenvalue weighted by Gasteiger charge is 2.55. The Bertz CT molecular complexity index is 758. The second-order valence-electron chi connectivity index (χ2n) is 7.83. The molecule has 152 valence electrons. The second-order valence-corrected chi connectivity index (χ2v) is 7.83. The van der Waals surface area contributed by atoms with E-state index in [1.165, 1.54) is 0 Å². The molecule has 1 aliphatic carbocycles. The first-order chi connectivity index (χ1) is 13.3. The Morgan fingerprint density at radius 3 is 2.57 bits per heavy atom. The number of nitrogens with zero attached hydrogens (tertiary/aromatic N) is 1. The molecule has 1 heterocycles. The van der Waals surface area contributed by atoms with Crippen LogP contribution in [-0.4, -0.2) is 48.1 Å². The maximum Gasteiger partial charge on any atom is 0.326 e. The number of imide groups is 1. The third-order valence-electron chi connectivity index (χ3n) is 5.60. The van der Waals surface area contributed by atoms with E-state index < -0.39 is 17.5 Å². The standard InChI is InChI=1S/C21H28N2O5/c1-14-10-15(2)12-17(11-14)27-8-9-28-18(24)13-23-19(25)21(22-20(23)26)7-5-4-6-16(21)3/h10-12,16H,4-9,13H2,1-3H3,(H,22,26)/t16-,21-/m1/s1. The number of benzene rings is 1. The molecule has 2 fully saturated rings. The average Bonchev–Trinajstić information content (AvgIpc) is 2.86. The minimum Gasteiger partial charge on any atom is -0.490 e. The van der Waals surface area contributed by atoms with Crippen molar-refractivity contribution in [2.24, 2.45) is 5.92 Å². The molecule has 1 saturated carbocycles. The Morgan fingerprint density at radius 1 is 1.18 bits per heavy atom. The third-order valence-corrected chi connectivity index (χ3v) is 5.60. The predicted molar refractivity (Wildman–Crippen MR) is 103 cm³/mol. The number of nitrogens with one attached hydrogen (secondary N) is 1. The summed E-state index contributed by atoms with van der Waals surface area (Å²) in [6.45, 7) is 5.83. The number of aryl methyl sites for hydroxylation is 2. The fourth-order valence-electron chi connectivity index (χ4n) is 4.15. The van der Waals surface area contributed by atoms with Crippen LogP contribution in [0.1, 0.15) is 43.7 Å². The molecular formula is C21H28N2O5. The topological polar surface area (TPSA) is 84.9 Å². The average molecular weight is 388 g/mol. The molecule has 1 aromatic rings. The van der Waals surface area contributed by atoms with E-state index in [4.69, 9.17) is 9.47 Å². The van der Waals surface area contributed by atoms with Gasteiger partial charge in [0.2, 0.25) is 0 Å². The van der Waals surface area contributed by atoms with Gasteiger partial charge in [0.25, 0.3) is 5.91 Å². The smallest absolute Gasteiger partial charge is 0.326 e. The van der Waals surface area contributed by atoms with Crippen molar-refractivity contribution in [3.63, 3.8) is 0 Å². The van der Waals surface area contributed by atoms with Gasteiger partial charge >= 0.3 is 12.0 Å². The van der Waals surface area contributed by atoms with Crippen molar-refractivity contribution >= 4 is 17.9 Å². The molecule has 0 bridgehead atoms. The first kappa shape index (κ1) is 20.2. The lowest BCUT2D eigenvalue weighted by Gasteiger charge is -2.36. The SMILES string of the molecule is Cc1cc(C)cc(OCCOC(=O)CN2C(=O)N[C@@]3(CCCC[C@H]3C)C2=O)c1. The van der Waals surface area contributed by atoms with Crippen LogP contribution in [0.4, 0.5) is 4.79 Å². The van der Waals surface area contributed by atoms with E-state index in [0.717, 1.165) is 41.0 Å². The van der Waals surface area contributed by atoms with Gasteiger partial charge in [-0.2, -0.15) is 0 Å². The largest absolute Gasteiger partial charge is 0.490 e. The maximum atomic E-state index is 12.8. The third kappa shape index (κ3) is 4.13. The van der Waals surface area contributed by atoms with Crippen LogP contribution in [0.5, 0.6) is 5.75 Å². The summed E-state index contributed by atoms with van der Waals surface area (Å²) in [6, 6.07) is 5.35. The molecular weight excluding hydrogens is 360 g/mol. The minimum atomic E-state index is -0.859. The van der Waals surface area contributed by atoms with E-state index in [1.807, 2.05) is 39.0 Å². The fourth-order valence-corrected chi connectivity index (χ4v) is 4.15. The molecule has 0 radical (unpaired) electrons. The van der Waals surface area contributed by atoms with E-state index in [2.05, 4.69) is 5.32 Å². The van der Waals surface area contributed by atoms with Crippen LogP contribution < -0.4 is 10.1 Å². The van der Waals surface area contributed by atoms with E-state index in [0.29, 0.717) is 6.42 Å². The molecule has 1 aliphatic heterocycles. The summed E-state index contributed by atoms with van der Waals surface area (Å²) in [5.74, 6) is -0.151. The zero-order valence-corrected chi connectivity index (χ0v) is 16.7. The molecule has 0 aromatic heterocycles. The Hall–Kier alpha value is -2.57. The second kappa shape index (κ2) is 8.20. The number of hydrogen-bond donors (Lipinski definition) is 1. The molecule has 1 saturated heterocycles.